The van der Waals surface area contributed by atoms with E-state index in [1.54, 1.807) is 4.90 Å². The van der Waals surface area contributed by atoms with Crippen LogP contribution in [0.5, 0.6) is 0 Å². The number of carbonyl (C=O) groups excluding carboxylic acids is 1. The third-order valence-electron chi connectivity index (χ3n) is 3.32. The smallest absolute Gasteiger partial charge is 0.307 e. The van der Waals surface area contributed by atoms with Crippen molar-refractivity contribution in [3.63, 3.8) is 0 Å². The molecule has 0 unspecified atom stereocenters. The lowest BCUT2D eigenvalue weighted by atomic mass is 10.2. The third kappa shape index (κ3) is 2.13. The van der Waals surface area contributed by atoms with E-state index in [4.69, 9.17) is 0 Å². The van der Waals surface area contributed by atoms with Gasteiger partial charge in [-0.3, -0.25) is 19.6 Å². The fraction of sp³-hybridized carbons (Fsp3) is 0.231. The summed E-state index contributed by atoms with van der Waals surface area (Å²) in [5, 5.41) is 14.4. The molecule has 7 nitrogen and oxygen atoms in total. The number of amides is 1. The van der Waals surface area contributed by atoms with Crippen molar-refractivity contribution in [3.8, 4) is 0 Å². The number of nitro groups is 1. The molecule has 20 heavy (non-hydrogen) atoms. The Labute approximate surface area is 114 Å². The zero-order chi connectivity index (χ0) is 14.1. The number of aromatic nitrogens is 2. The Morgan fingerprint density at radius 1 is 1.40 bits per heavy atom. The Balaban J connectivity index is 1.75. The van der Waals surface area contributed by atoms with Crippen LogP contribution in [0.15, 0.2) is 36.7 Å². The molecule has 0 fully saturated rings. The lowest BCUT2D eigenvalue weighted by molar-refractivity contribution is -0.385. The van der Waals surface area contributed by atoms with Crippen molar-refractivity contribution < 1.29 is 9.72 Å². The number of hydrogen-bond donors (Lipinski definition) is 0. The summed E-state index contributed by atoms with van der Waals surface area (Å²) < 4.78 is 1.29. The van der Waals surface area contributed by atoms with E-state index in [9.17, 15) is 14.9 Å². The third-order valence-corrected chi connectivity index (χ3v) is 3.32. The van der Waals surface area contributed by atoms with E-state index in [0.717, 1.165) is 23.9 Å². The summed E-state index contributed by atoms with van der Waals surface area (Å²) in [6, 6.07) is 7.75. The van der Waals surface area contributed by atoms with E-state index in [1.807, 2.05) is 24.3 Å². The summed E-state index contributed by atoms with van der Waals surface area (Å²) in [4.78, 5) is 24.0. The average Bonchev–Trinajstić information content (AvgIpc) is 3.04. The maximum Gasteiger partial charge on any atom is 0.307 e. The molecule has 0 spiro atoms. The Morgan fingerprint density at radius 2 is 2.20 bits per heavy atom. The van der Waals surface area contributed by atoms with Crippen molar-refractivity contribution in [2.24, 2.45) is 0 Å². The fourth-order valence-electron chi connectivity index (χ4n) is 2.35. The van der Waals surface area contributed by atoms with Crippen molar-refractivity contribution in [2.75, 3.05) is 11.4 Å². The highest BCUT2D eigenvalue weighted by molar-refractivity contribution is 5.95. The second-order valence-electron chi connectivity index (χ2n) is 4.58. The SMILES string of the molecule is O=C(Cn1cc([N+](=O)[O-])cn1)N1CCc2ccccc21. The highest BCUT2D eigenvalue weighted by atomic mass is 16.6. The minimum Gasteiger partial charge on any atom is -0.310 e. The molecule has 7 heteroatoms. The number of fused-ring (bicyclic) bond motifs is 1. The molecule has 0 aliphatic carbocycles. The molecule has 3 rings (SSSR count). The first-order valence-electron chi connectivity index (χ1n) is 6.20. The largest absolute Gasteiger partial charge is 0.310 e. The highest BCUT2D eigenvalue weighted by Crippen LogP contribution is 2.27. The van der Waals surface area contributed by atoms with Crippen molar-refractivity contribution in [3.05, 3.63) is 52.3 Å². The molecule has 0 N–H and O–H groups in total. The second-order valence-corrected chi connectivity index (χ2v) is 4.58. The monoisotopic (exact) mass is 272 g/mol. The van der Waals surface area contributed by atoms with Gasteiger partial charge in [-0.15, -0.1) is 0 Å². The minimum atomic E-state index is -0.529. The van der Waals surface area contributed by atoms with Crippen LogP contribution in [0.2, 0.25) is 0 Å². The Bertz CT molecular complexity index is 680. The summed E-state index contributed by atoms with van der Waals surface area (Å²) in [6.45, 7) is 0.643. The van der Waals surface area contributed by atoms with Gasteiger partial charge in [0, 0.05) is 12.2 Å². The number of benzene rings is 1. The lowest BCUT2D eigenvalue weighted by Crippen LogP contribution is -2.32. The maximum absolute atomic E-state index is 12.3. The number of hydrogen-bond acceptors (Lipinski definition) is 4. The van der Waals surface area contributed by atoms with Gasteiger partial charge in [0.25, 0.3) is 0 Å². The summed E-state index contributed by atoms with van der Waals surface area (Å²) >= 11 is 0. The van der Waals surface area contributed by atoms with Crippen LogP contribution in [0.4, 0.5) is 11.4 Å². The molecule has 102 valence electrons. The number of para-hydroxylation sites is 1. The summed E-state index contributed by atoms with van der Waals surface area (Å²) in [5.41, 5.74) is 1.95. The molecule has 1 aromatic heterocycles. The van der Waals surface area contributed by atoms with Gasteiger partial charge in [-0.1, -0.05) is 18.2 Å². The predicted octanol–water partition coefficient (Wildman–Crippen LogP) is 1.38. The fourth-order valence-corrected chi connectivity index (χ4v) is 2.35. The minimum absolute atomic E-state index is 0.00216. The number of rotatable bonds is 3. The summed E-state index contributed by atoms with van der Waals surface area (Å²) in [7, 11) is 0. The van der Waals surface area contributed by atoms with Gasteiger partial charge in [-0.05, 0) is 18.1 Å². The van der Waals surface area contributed by atoms with Gasteiger partial charge in [-0.2, -0.15) is 5.10 Å². The average molecular weight is 272 g/mol. The molecule has 0 saturated heterocycles. The van der Waals surface area contributed by atoms with Crippen LogP contribution in [0.3, 0.4) is 0 Å². The van der Waals surface area contributed by atoms with Crippen molar-refractivity contribution in [1.82, 2.24) is 9.78 Å². The normalized spacial score (nSPS) is 13.3. The van der Waals surface area contributed by atoms with E-state index < -0.39 is 4.92 Å². The predicted molar refractivity (Wildman–Crippen MR) is 71.4 cm³/mol. The number of nitrogens with zero attached hydrogens (tertiary/aromatic N) is 4. The highest BCUT2D eigenvalue weighted by Gasteiger charge is 2.24. The standard InChI is InChI=1S/C13H12N4O3/c18-13(9-15-8-11(7-14-15)17(19)20)16-6-5-10-3-1-2-4-12(10)16/h1-4,7-8H,5-6,9H2. The van der Waals surface area contributed by atoms with Crippen molar-refractivity contribution in [1.29, 1.82) is 0 Å². The Kier molecular flexibility index (Phi) is 2.94. The molecule has 0 radical (unpaired) electrons. The van der Waals surface area contributed by atoms with Crippen molar-refractivity contribution >= 4 is 17.3 Å². The van der Waals surface area contributed by atoms with Gasteiger partial charge in [-0.25, -0.2) is 0 Å². The lowest BCUT2D eigenvalue weighted by Gasteiger charge is -2.16. The summed E-state index contributed by atoms with van der Waals surface area (Å²) in [6.07, 6.45) is 3.24. The van der Waals surface area contributed by atoms with Gasteiger partial charge in [0.2, 0.25) is 5.91 Å². The van der Waals surface area contributed by atoms with E-state index in [2.05, 4.69) is 5.10 Å². The van der Waals surface area contributed by atoms with Gasteiger partial charge in [0.15, 0.2) is 0 Å². The zero-order valence-electron chi connectivity index (χ0n) is 10.6. The summed E-state index contributed by atoms with van der Waals surface area (Å²) in [5.74, 6) is -0.118. The van der Waals surface area contributed by atoms with Gasteiger partial charge < -0.3 is 4.90 Å². The van der Waals surface area contributed by atoms with Gasteiger partial charge >= 0.3 is 5.69 Å². The quantitative estimate of drug-likeness (QED) is 0.624. The molecule has 2 aromatic rings. The molecule has 2 heterocycles. The molecule has 1 amide bonds. The zero-order valence-corrected chi connectivity index (χ0v) is 10.6. The van der Waals surface area contributed by atoms with Crippen LogP contribution in [0.25, 0.3) is 0 Å². The molecule has 1 aromatic carbocycles. The molecule has 0 atom stereocenters. The van der Waals surface area contributed by atoms with Crippen LogP contribution in [0, 0.1) is 10.1 Å². The first-order chi connectivity index (χ1) is 9.65. The molecule has 0 bridgehead atoms. The first kappa shape index (κ1) is 12.3. The van der Waals surface area contributed by atoms with E-state index in [-0.39, 0.29) is 18.1 Å². The van der Waals surface area contributed by atoms with Crippen LogP contribution >= 0.6 is 0 Å². The molecule has 1 aliphatic heterocycles. The second kappa shape index (κ2) is 4.76. The molecule has 1 aliphatic rings. The molecular weight excluding hydrogens is 260 g/mol. The van der Waals surface area contributed by atoms with Crippen LogP contribution in [-0.4, -0.2) is 27.2 Å². The van der Waals surface area contributed by atoms with Crippen LogP contribution in [0.1, 0.15) is 5.56 Å². The number of carbonyl (C=O) groups is 1. The molecular formula is C13H12N4O3. The van der Waals surface area contributed by atoms with Gasteiger partial charge in [0.1, 0.15) is 18.9 Å². The maximum atomic E-state index is 12.3. The van der Waals surface area contributed by atoms with Crippen LogP contribution in [-0.2, 0) is 17.8 Å². The Morgan fingerprint density at radius 3 is 2.95 bits per heavy atom. The molecule has 0 saturated carbocycles. The topological polar surface area (TPSA) is 81.3 Å². The van der Waals surface area contributed by atoms with Crippen LogP contribution < -0.4 is 4.90 Å². The number of anilines is 1. The van der Waals surface area contributed by atoms with Crippen molar-refractivity contribution in [2.45, 2.75) is 13.0 Å². The van der Waals surface area contributed by atoms with E-state index in [1.165, 1.54) is 10.9 Å². The van der Waals surface area contributed by atoms with E-state index in [0.29, 0.717) is 6.54 Å². The van der Waals surface area contributed by atoms with Gasteiger partial charge in [0.05, 0.1) is 4.92 Å². The Hall–Kier alpha value is -2.70. The van der Waals surface area contributed by atoms with E-state index >= 15 is 0 Å². The first-order valence-corrected chi connectivity index (χ1v) is 6.20.